The average molecular weight is 366 g/mol. The molecule has 0 atom stereocenters. The van der Waals surface area contributed by atoms with Gasteiger partial charge in [0.05, 0.1) is 5.56 Å². The first-order valence-electron chi connectivity index (χ1n) is 6.55. The number of hydrogen-bond donors (Lipinski definition) is 1. The van der Waals surface area contributed by atoms with Gasteiger partial charge in [-0.3, -0.25) is 0 Å². The van der Waals surface area contributed by atoms with E-state index in [9.17, 15) is 13.2 Å². The number of hydrogen-bond acceptors (Lipinski definition) is 0. The van der Waals surface area contributed by atoms with Gasteiger partial charge in [-0.25, -0.2) is 0 Å². The highest BCUT2D eigenvalue weighted by atomic mass is 79.9. The minimum absolute atomic E-state index is 0.639. The van der Waals surface area contributed by atoms with Crippen LogP contribution in [-0.4, -0.2) is 4.98 Å². The van der Waals surface area contributed by atoms with Gasteiger partial charge in [0.1, 0.15) is 0 Å². The fourth-order valence-corrected chi connectivity index (χ4v) is 2.54. The van der Waals surface area contributed by atoms with Gasteiger partial charge in [-0.2, -0.15) is 13.2 Å². The molecule has 1 heterocycles. The van der Waals surface area contributed by atoms with Crippen molar-refractivity contribution in [1.82, 2.24) is 4.98 Å². The topological polar surface area (TPSA) is 15.8 Å². The maximum absolute atomic E-state index is 12.5. The summed E-state index contributed by atoms with van der Waals surface area (Å²) in [5.74, 6) is 0. The number of nitrogens with one attached hydrogen (secondary N) is 1. The van der Waals surface area contributed by atoms with Gasteiger partial charge in [-0.05, 0) is 42.0 Å². The fraction of sp³-hybridized carbons (Fsp3) is 0.0588. The second-order valence-electron chi connectivity index (χ2n) is 4.91. The summed E-state index contributed by atoms with van der Waals surface area (Å²) in [6.07, 6.45) is -0.677. The number of aromatic amines is 1. The molecule has 0 saturated carbocycles. The molecule has 22 heavy (non-hydrogen) atoms. The van der Waals surface area contributed by atoms with Gasteiger partial charge >= 0.3 is 6.18 Å². The molecule has 0 aliphatic heterocycles. The van der Waals surface area contributed by atoms with Crippen LogP contribution in [0, 0.1) is 0 Å². The Hall–Kier alpha value is -2.01. The summed E-state index contributed by atoms with van der Waals surface area (Å²) in [4.78, 5) is 3.25. The predicted octanol–water partition coefficient (Wildman–Crippen LogP) is 6.12. The van der Waals surface area contributed by atoms with E-state index >= 15 is 0 Å². The number of H-pyrrole nitrogens is 1. The summed E-state index contributed by atoms with van der Waals surface area (Å²) in [6.45, 7) is 0. The first-order valence-corrected chi connectivity index (χ1v) is 7.35. The molecule has 0 spiro atoms. The van der Waals surface area contributed by atoms with Gasteiger partial charge in [0.25, 0.3) is 0 Å². The summed E-state index contributed by atoms with van der Waals surface area (Å²) in [5, 5.41) is 1.08. The van der Waals surface area contributed by atoms with Crippen LogP contribution in [0.3, 0.4) is 0 Å². The summed E-state index contributed by atoms with van der Waals surface area (Å²) in [6, 6.07) is 13.0. The van der Waals surface area contributed by atoms with Gasteiger partial charge in [0, 0.05) is 21.1 Å². The lowest BCUT2D eigenvalue weighted by Gasteiger charge is -2.05. The summed E-state index contributed by atoms with van der Waals surface area (Å²) in [5.41, 5.74) is 1.97. The molecule has 3 rings (SSSR count). The summed E-state index contributed by atoms with van der Waals surface area (Å²) < 4.78 is 38.5. The molecule has 112 valence electrons. The predicted molar refractivity (Wildman–Crippen MR) is 86.4 cm³/mol. The van der Waals surface area contributed by atoms with E-state index in [0.717, 1.165) is 33.2 Å². The van der Waals surface area contributed by atoms with E-state index in [2.05, 4.69) is 20.9 Å². The lowest BCUT2D eigenvalue weighted by atomic mass is 10.1. The number of fused-ring (bicyclic) bond motifs is 1. The first kappa shape index (κ1) is 14.9. The molecule has 1 N–H and O–H groups in total. The van der Waals surface area contributed by atoms with Crippen molar-refractivity contribution < 1.29 is 13.2 Å². The van der Waals surface area contributed by atoms with Crippen LogP contribution in [0.1, 0.15) is 16.8 Å². The highest BCUT2D eigenvalue weighted by molar-refractivity contribution is 9.10. The fourth-order valence-electron chi connectivity index (χ4n) is 2.18. The Morgan fingerprint density at radius 1 is 0.909 bits per heavy atom. The lowest BCUT2D eigenvalue weighted by molar-refractivity contribution is -0.137. The Morgan fingerprint density at radius 3 is 2.32 bits per heavy atom. The Balaban J connectivity index is 1.83. The summed E-state index contributed by atoms with van der Waals surface area (Å²) >= 11 is 3.41. The highest BCUT2D eigenvalue weighted by Gasteiger charge is 2.29. The smallest absolute Gasteiger partial charge is 0.355 e. The Bertz CT molecular complexity index is 829. The van der Waals surface area contributed by atoms with Crippen molar-refractivity contribution in [2.24, 2.45) is 0 Å². The third-order valence-corrected chi connectivity index (χ3v) is 3.79. The van der Waals surface area contributed by atoms with Crippen LogP contribution < -0.4 is 0 Å². The quantitative estimate of drug-likeness (QED) is 0.563. The molecule has 3 aromatic rings. The molecule has 0 saturated heterocycles. The molecular formula is C17H11BrF3N. The Kier molecular flexibility index (Phi) is 3.83. The zero-order valence-corrected chi connectivity index (χ0v) is 12.9. The lowest BCUT2D eigenvalue weighted by Crippen LogP contribution is -2.03. The summed E-state index contributed by atoms with van der Waals surface area (Å²) in [7, 11) is 0. The van der Waals surface area contributed by atoms with Crippen molar-refractivity contribution >= 4 is 39.0 Å². The third-order valence-electron chi connectivity index (χ3n) is 3.30. The Labute approximate surface area is 133 Å². The van der Waals surface area contributed by atoms with Crippen LogP contribution in [0.5, 0.6) is 0 Å². The number of alkyl halides is 3. The zero-order chi connectivity index (χ0) is 15.7. The maximum Gasteiger partial charge on any atom is 0.416 e. The van der Waals surface area contributed by atoms with Crippen LogP contribution in [0.4, 0.5) is 13.2 Å². The monoisotopic (exact) mass is 365 g/mol. The van der Waals surface area contributed by atoms with Gasteiger partial charge in [-0.15, -0.1) is 0 Å². The average Bonchev–Trinajstić information content (AvgIpc) is 2.86. The number of rotatable bonds is 2. The molecule has 0 radical (unpaired) electrons. The van der Waals surface area contributed by atoms with Gasteiger partial charge in [-0.1, -0.05) is 40.2 Å². The molecule has 0 aliphatic rings. The number of aromatic nitrogens is 1. The normalized spacial score (nSPS) is 12.4. The second-order valence-corrected chi connectivity index (χ2v) is 5.83. The second kappa shape index (κ2) is 5.65. The van der Waals surface area contributed by atoms with E-state index in [4.69, 9.17) is 0 Å². The van der Waals surface area contributed by atoms with E-state index in [1.54, 1.807) is 6.08 Å². The van der Waals surface area contributed by atoms with Crippen LogP contribution in [0.15, 0.2) is 53.0 Å². The standard InChI is InChI=1S/C17H11BrF3N/c18-14-7-4-12-9-15(22-16(12)10-14)8-3-11-1-5-13(6-2-11)17(19,20)21/h1-10,22H/b8-3+. The van der Waals surface area contributed by atoms with Gasteiger partial charge in [0.2, 0.25) is 0 Å². The molecule has 2 aromatic carbocycles. The molecule has 0 aliphatic carbocycles. The molecule has 0 amide bonds. The zero-order valence-electron chi connectivity index (χ0n) is 11.3. The largest absolute Gasteiger partial charge is 0.416 e. The molecular weight excluding hydrogens is 355 g/mol. The SMILES string of the molecule is FC(F)(F)c1ccc(/C=C/c2cc3ccc(Br)cc3[nH]2)cc1. The third kappa shape index (κ3) is 3.25. The molecule has 0 fully saturated rings. The van der Waals surface area contributed by atoms with E-state index in [-0.39, 0.29) is 0 Å². The maximum atomic E-state index is 12.5. The number of benzene rings is 2. The van der Waals surface area contributed by atoms with E-state index in [1.165, 1.54) is 12.1 Å². The molecule has 0 unspecified atom stereocenters. The molecule has 1 nitrogen and oxygen atoms in total. The van der Waals surface area contributed by atoms with Crippen LogP contribution in [0.25, 0.3) is 23.1 Å². The van der Waals surface area contributed by atoms with Gasteiger partial charge in [0.15, 0.2) is 0 Å². The van der Waals surface area contributed by atoms with Crippen molar-refractivity contribution in [1.29, 1.82) is 0 Å². The van der Waals surface area contributed by atoms with Crippen molar-refractivity contribution in [2.75, 3.05) is 0 Å². The van der Waals surface area contributed by atoms with Crippen LogP contribution >= 0.6 is 15.9 Å². The Morgan fingerprint density at radius 2 is 1.64 bits per heavy atom. The van der Waals surface area contributed by atoms with E-state index in [1.807, 2.05) is 30.3 Å². The molecule has 5 heteroatoms. The van der Waals surface area contributed by atoms with E-state index in [0.29, 0.717) is 5.56 Å². The minimum Gasteiger partial charge on any atom is -0.355 e. The highest BCUT2D eigenvalue weighted by Crippen LogP contribution is 2.29. The number of halogens is 4. The van der Waals surface area contributed by atoms with Gasteiger partial charge < -0.3 is 4.98 Å². The molecule has 1 aromatic heterocycles. The van der Waals surface area contributed by atoms with Crippen LogP contribution in [0.2, 0.25) is 0 Å². The van der Waals surface area contributed by atoms with Crippen molar-refractivity contribution in [3.63, 3.8) is 0 Å². The first-order chi connectivity index (χ1) is 10.4. The van der Waals surface area contributed by atoms with E-state index < -0.39 is 11.7 Å². The molecule has 0 bridgehead atoms. The van der Waals surface area contributed by atoms with Crippen molar-refractivity contribution in [2.45, 2.75) is 6.18 Å². The van der Waals surface area contributed by atoms with Crippen molar-refractivity contribution in [3.8, 4) is 0 Å². The minimum atomic E-state index is -4.30. The van der Waals surface area contributed by atoms with Crippen molar-refractivity contribution in [3.05, 3.63) is 69.8 Å². The van der Waals surface area contributed by atoms with Crippen LogP contribution in [-0.2, 0) is 6.18 Å².